The van der Waals surface area contributed by atoms with Crippen LogP contribution in [0.4, 0.5) is 55.3 Å². The lowest BCUT2D eigenvalue weighted by atomic mass is 9.87. The van der Waals surface area contributed by atoms with Crippen LogP contribution >= 0.6 is 23.2 Å². The molecule has 0 aliphatic carbocycles. The van der Waals surface area contributed by atoms with Crippen molar-refractivity contribution in [2.45, 2.75) is 23.9 Å². The van der Waals surface area contributed by atoms with E-state index in [2.05, 4.69) is 0 Å². The molecule has 1 atom stereocenters. The quantitative estimate of drug-likeness (QED) is 0.179. The first-order chi connectivity index (χ1) is 15.3. The van der Waals surface area contributed by atoms with Gasteiger partial charge in [-0.25, -0.2) is 14.6 Å². The first-order valence-electron chi connectivity index (χ1n) is 8.52. The fraction of sp³-hybridized carbons (Fsp3) is 0.222. The van der Waals surface area contributed by atoms with Gasteiger partial charge in [0.05, 0.1) is 27.1 Å². The van der Waals surface area contributed by atoms with E-state index >= 15 is 0 Å². The lowest BCUT2D eigenvalue weighted by molar-refractivity contribution is -0.389. The van der Waals surface area contributed by atoms with Gasteiger partial charge in [0.2, 0.25) is 0 Å². The van der Waals surface area contributed by atoms with E-state index in [9.17, 15) is 43.9 Å². The normalized spacial score (nSPS) is 15.3. The summed E-state index contributed by atoms with van der Waals surface area (Å²) in [6.07, 6.45) is -12.8. The predicted octanol–water partition coefficient (Wildman–Crippen LogP) is 6.28. The summed E-state index contributed by atoms with van der Waals surface area (Å²) in [5.41, 5.74) is 1.60. The molecule has 0 spiro atoms. The summed E-state index contributed by atoms with van der Waals surface area (Å²) < 4.78 is 133. The molecule has 0 heterocycles. The van der Waals surface area contributed by atoms with Gasteiger partial charge >= 0.3 is 23.9 Å². The molecule has 188 valence electrons. The van der Waals surface area contributed by atoms with Gasteiger partial charge in [-0.3, -0.25) is 5.01 Å². The van der Waals surface area contributed by atoms with Crippen LogP contribution in [-0.4, -0.2) is 18.3 Å². The molecule has 0 aliphatic heterocycles. The van der Waals surface area contributed by atoms with Crippen LogP contribution in [0.3, 0.4) is 0 Å². The van der Waals surface area contributed by atoms with E-state index in [0.717, 1.165) is 24.4 Å². The Bertz CT molecular complexity index is 1090. The SMILES string of the molecule is N/C(=C\N(N)c1c(Cl)cc(C(F)(C(F)(F)F)C(F)(F)C(F)(F)F)cc1Cl)c1ccc(F)c(N)c1. The van der Waals surface area contributed by atoms with Crippen LogP contribution < -0.4 is 22.3 Å². The Kier molecular flexibility index (Phi) is 7.23. The van der Waals surface area contributed by atoms with Gasteiger partial charge in [-0.15, -0.1) is 0 Å². The lowest BCUT2D eigenvalue weighted by Crippen LogP contribution is -2.59. The van der Waals surface area contributed by atoms with Gasteiger partial charge in [0, 0.05) is 17.3 Å². The number of benzene rings is 2. The van der Waals surface area contributed by atoms with Crippen molar-refractivity contribution in [2.24, 2.45) is 11.6 Å². The third kappa shape index (κ3) is 4.66. The zero-order valence-corrected chi connectivity index (χ0v) is 17.7. The molecule has 0 saturated carbocycles. The van der Waals surface area contributed by atoms with Crippen LogP contribution in [0.15, 0.2) is 36.5 Å². The molecule has 2 rings (SSSR count). The second-order valence-corrected chi connectivity index (χ2v) is 7.56. The monoisotopic (exact) mass is 544 g/mol. The minimum absolute atomic E-state index is 0.0999. The van der Waals surface area contributed by atoms with Crippen molar-refractivity contribution in [3.05, 3.63) is 63.5 Å². The highest BCUT2D eigenvalue weighted by atomic mass is 35.5. The van der Waals surface area contributed by atoms with Gasteiger partial charge in [-0.1, -0.05) is 23.2 Å². The molecule has 0 fully saturated rings. The van der Waals surface area contributed by atoms with E-state index in [0.29, 0.717) is 5.01 Å². The Hall–Kier alpha value is -2.58. The van der Waals surface area contributed by atoms with Crippen LogP contribution in [0.1, 0.15) is 11.1 Å². The van der Waals surface area contributed by atoms with Crippen LogP contribution in [0.5, 0.6) is 0 Å². The average molecular weight is 545 g/mol. The number of nitrogen functional groups attached to an aromatic ring is 1. The minimum atomic E-state index is -6.93. The standard InChI is InChI=1S/C18H12Cl2F10N4/c19-9-4-8(15(22,17(25,26)27)16(23,24)18(28,29)30)5-10(20)14(9)34(33)6-13(32)7-1-2-11(21)12(31)3-7/h1-6H,31-33H2/b13-6-. The topological polar surface area (TPSA) is 81.3 Å². The second kappa shape index (κ2) is 8.89. The maximum atomic E-state index is 14.7. The third-order valence-electron chi connectivity index (χ3n) is 4.46. The van der Waals surface area contributed by atoms with Crippen LogP contribution in [0.25, 0.3) is 5.70 Å². The third-order valence-corrected chi connectivity index (χ3v) is 5.04. The van der Waals surface area contributed by atoms with E-state index in [1.165, 1.54) is 0 Å². The minimum Gasteiger partial charge on any atom is -0.397 e. The molecule has 0 aliphatic rings. The van der Waals surface area contributed by atoms with Crippen LogP contribution in [0, 0.1) is 5.82 Å². The van der Waals surface area contributed by atoms with E-state index in [1.54, 1.807) is 0 Å². The van der Waals surface area contributed by atoms with Crippen molar-refractivity contribution in [3.63, 3.8) is 0 Å². The average Bonchev–Trinajstić information content (AvgIpc) is 2.66. The number of hydrogen-bond donors (Lipinski definition) is 3. The highest BCUT2D eigenvalue weighted by Crippen LogP contribution is 2.59. The summed E-state index contributed by atoms with van der Waals surface area (Å²) in [6.45, 7) is 0. The highest BCUT2D eigenvalue weighted by molar-refractivity contribution is 6.39. The fourth-order valence-electron chi connectivity index (χ4n) is 2.74. The Balaban J connectivity index is 2.62. The summed E-state index contributed by atoms with van der Waals surface area (Å²) in [4.78, 5) is 0. The molecular formula is C18H12Cl2F10N4. The Morgan fingerprint density at radius 3 is 1.76 bits per heavy atom. The molecule has 6 N–H and O–H groups in total. The summed E-state index contributed by atoms with van der Waals surface area (Å²) in [5.74, 6) is -2.03. The summed E-state index contributed by atoms with van der Waals surface area (Å²) >= 11 is 11.4. The summed E-state index contributed by atoms with van der Waals surface area (Å²) in [5, 5.41) is -1.59. The van der Waals surface area contributed by atoms with Crippen molar-refractivity contribution in [3.8, 4) is 0 Å². The van der Waals surface area contributed by atoms with Crippen molar-refractivity contribution in [1.82, 2.24) is 0 Å². The molecule has 0 amide bonds. The largest absolute Gasteiger partial charge is 0.457 e. The molecule has 4 nitrogen and oxygen atoms in total. The molecular weight excluding hydrogens is 533 g/mol. The maximum Gasteiger partial charge on any atom is 0.457 e. The van der Waals surface area contributed by atoms with E-state index < -0.39 is 51.1 Å². The molecule has 1 unspecified atom stereocenters. The Morgan fingerprint density at radius 2 is 1.35 bits per heavy atom. The van der Waals surface area contributed by atoms with Crippen LogP contribution in [0.2, 0.25) is 10.0 Å². The second-order valence-electron chi connectivity index (χ2n) is 6.74. The van der Waals surface area contributed by atoms with Gasteiger partial charge in [0.1, 0.15) is 5.82 Å². The number of alkyl halides is 9. The molecule has 0 aromatic heterocycles. The number of nitrogens with zero attached hydrogens (tertiary/aromatic N) is 1. The number of hydrogen-bond acceptors (Lipinski definition) is 4. The smallest absolute Gasteiger partial charge is 0.397 e. The number of halogens is 12. The summed E-state index contributed by atoms with van der Waals surface area (Å²) in [7, 11) is 0. The predicted molar refractivity (Wildman–Crippen MR) is 106 cm³/mol. The first-order valence-corrected chi connectivity index (χ1v) is 9.27. The number of hydrazine groups is 1. The number of anilines is 2. The summed E-state index contributed by atoms with van der Waals surface area (Å²) in [6, 6.07) is 2.93. The number of rotatable bonds is 5. The number of nitrogens with two attached hydrogens (primary N) is 3. The lowest BCUT2D eigenvalue weighted by Gasteiger charge is -2.36. The van der Waals surface area contributed by atoms with Gasteiger partial charge < -0.3 is 11.5 Å². The molecule has 34 heavy (non-hydrogen) atoms. The molecule has 2 aromatic carbocycles. The molecule has 2 aromatic rings. The van der Waals surface area contributed by atoms with Gasteiger partial charge in [0.25, 0.3) is 0 Å². The van der Waals surface area contributed by atoms with Gasteiger partial charge in [-0.05, 0) is 30.3 Å². The van der Waals surface area contributed by atoms with E-state index in [-0.39, 0.29) is 29.1 Å². The maximum absolute atomic E-state index is 14.7. The first kappa shape index (κ1) is 27.7. The highest BCUT2D eigenvalue weighted by Gasteiger charge is 2.81. The molecule has 0 radical (unpaired) electrons. The van der Waals surface area contributed by atoms with Crippen molar-refractivity contribution < 1.29 is 43.9 Å². The van der Waals surface area contributed by atoms with Crippen molar-refractivity contribution >= 4 is 40.3 Å². The Labute approximate surface area is 194 Å². The van der Waals surface area contributed by atoms with Gasteiger partial charge in [-0.2, -0.15) is 35.1 Å². The van der Waals surface area contributed by atoms with Crippen LogP contribution in [-0.2, 0) is 5.67 Å². The van der Waals surface area contributed by atoms with Crippen molar-refractivity contribution in [1.29, 1.82) is 0 Å². The zero-order valence-electron chi connectivity index (χ0n) is 16.2. The van der Waals surface area contributed by atoms with E-state index in [4.69, 9.17) is 40.5 Å². The zero-order chi connectivity index (χ0) is 26.4. The molecule has 16 heteroatoms. The van der Waals surface area contributed by atoms with Crippen molar-refractivity contribution in [2.75, 3.05) is 10.7 Å². The molecule has 0 bridgehead atoms. The fourth-order valence-corrected chi connectivity index (χ4v) is 3.42. The van der Waals surface area contributed by atoms with E-state index in [1.807, 2.05) is 0 Å². The molecule has 0 saturated heterocycles. The Morgan fingerprint density at radius 1 is 0.853 bits per heavy atom. The van der Waals surface area contributed by atoms with Gasteiger partial charge in [0.15, 0.2) is 0 Å².